The minimum atomic E-state index is -1.29. The van der Waals surface area contributed by atoms with Crippen LogP contribution in [0.3, 0.4) is 0 Å². The molecule has 5 aliphatic rings. The standard InChI is InChI=1S/C59H73IN8O16S/c1-31(2)48(65-41(69)15-6-5-7-22-68-42(70)27-40(85)55(68)77)54(76)64-37(13-10-21-62-57(61)79)53(75)63-34-19-17-33(18-20-34)30-82-58(80)67-25-23-66(24-26-67)56(78)59(60)28-36-45(39(29-59)84-43-16-8-11-32(3)83-43)52(74)47-46(50(36)72)49(71)35-12-9-14-38(81-4)44(35)51(47)73/h9,12,14,17-20,31-32,37,39-40,43,48,72,74,85H,5-8,10-11,13,15-16,21-30H2,1-4H3,(H,63,75)(H,64,76)(H,65,69)(H3,61,62,79)/t32-,37-,39-,40?,43-,48-,59-/m0/s1. The van der Waals surface area contributed by atoms with Gasteiger partial charge in [-0.3, -0.25) is 43.3 Å². The lowest BCUT2D eigenvalue weighted by Crippen LogP contribution is -2.56. The minimum absolute atomic E-state index is 0.000683. The summed E-state index contributed by atoms with van der Waals surface area (Å²) in [7, 11) is 1.36. The summed E-state index contributed by atoms with van der Waals surface area (Å²) >= 11 is 6.19. The van der Waals surface area contributed by atoms with E-state index in [9.17, 15) is 58.2 Å². The number of hydrogen-bond donors (Lipinski definition) is 8. The highest BCUT2D eigenvalue weighted by molar-refractivity contribution is 14.1. The molecule has 3 aliphatic heterocycles. The first-order valence-corrected chi connectivity index (χ1v) is 30.2. The van der Waals surface area contributed by atoms with Gasteiger partial charge in [0.2, 0.25) is 41.2 Å². The molecule has 2 aliphatic carbocycles. The normalized spacial score (nSPS) is 21.8. The smallest absolute Gasteiger partial charge is 0.410 e. The van der Waals surface area contributed by atoms with Gasteiger partial charge in [0, 0.05) is 87.3 Å². The molecule has 3 fully saturated rings. The molecule has 0 saturated carbocycles. The van der Waals surface area contributed by atoms with Gasteiger partial charge in [0.1, 0.15) is 39.4 Å². The number of methoxy groups -OCH3 is 1. The highest BCUT2D eigenvalue weighted by Crippen LogP contribution is 2.54. The number of unbranched alkanes of at least 4 members (excludes halogenated alkanes) is 2. The molecule has 8 N–H and O–H groups in total. The number of nitrogens with two attached hydrogens (primary N) is 1. The summed E-state index contributed by atoms with van der Waals surface area (Å²) in [5.41, 5.74) is 5.60. The van der Waals surface area contributed by atoms with Crippen LogP contribution in [0.1, 0.15) is 146 Å². The zero-order chi connectivity index (χ0) is 61.4. The first-order valence-electron chi connectivity index (χ1n) is 28.6. The lowest BCUT2D eigenvalue weighted by molar-refractivity contribution is -0.216. The van der Waals surface area contributed by atoms with Crippen LogP contribution in [0.5, 0.6) is 17.2 Å². The Hall–Kier alpha value is -7.04. The van der Waals surface area contributed by atoms with Crippen LogP contribution in [0.2, 0.25) is 0 Å². The van der Waals surface area contributed by atoms with Gasteiger partial charge in [-0.2, -0.15) is 12.6 Å². The van der Waals surface area contributed by atoms with Crippen LogP contribution in [0.25, 0.3) is 0 Å². The lowest BCUT2D eigenvalue weighted by Gasteiger charge is -2.43. The number of carbonyl (C=O) groups is 10. The number of amides is 9. The summed E-state index contributed by atoms with van der Waals surface area (Å²) < 4.78 is 22.5. The zero-order valence-corrected chi connectivity index (χ0v) is 50.9. The molecule has 0 aromatic heterocycles. The van der Waals surface area contributed by atoms with E-state index < -0.39 is 80.2 Å². The molecule has 24 nitrogen and oxygen atoms in total. The Balaban J connectivity index is 0.850. The van der Waals surface area contributed by atoms with Gasteiger partial charge >= 0.3 is 12.1 Å². The number of primary amides is 1. The largest absolute Gasteiger partial charge is 0.507 e. The summed E-state index contributed by atoms with van der Waals surface area (Å²) in [6, 6.07) is 8.17. The first-order chi connectivity index (χ1) is 40.5. The maximum absolute atomic E-state index is 14.8. The maximum atomic E-state index is 14.8. The van der Waals surface area contributed by atoms with Crippen molar-refractivity contribution in [3.63, 3.8) is 0 Å². The third-order valence-corrected chi connectivity index (χ3v) is 17.7. The minimum Gasteiger partial charge on any atom is -0.507 e. The van der Waals surface area contributed by atoms with Gasteiger partial charge in [0.15, 0.2) is 12.1 Å². The fraction of sp³-hybridized carbons (Fsp3) is 0.525. The Bertz CT molecular complexity index is 3100. The zero-order valence-electron chi connectivity index (χ0n) is 47.9. The molecule has 1 unspecified atom stereocenters. The molecule has 85 heavy (non-hydrogen) atoms. The maximum Gasteiger partial charge on any atom is 0.410 e. The van der Waals surface area contributed by atoms with E-state index in [0.717, 1.165) is 12.8 Å². The molecule has 0 bridgehead atoms. The molecule has 26 heteroatoms. The number of anilines is 1. The number of alkyl halides is 1. The Morgan fingerprint density at radius 1 is 0.871 bits per heavy atom. The van der Waals surface area contributed by atoms with E-state index in [4.69, 9.17) is 24.7 Å². The average molecular weight is 1310 g/mol. The van der Waals surface area contributed by atoms with E-state index in [-0.39, 0.29) is 159 Å². The predicted octanol–water partition coefficient (Wildman–Crippen LogP) is 5.09. The van der Waals surface area contributed by atoms with Gasteiger partial charge in [0.25, 0.3) is 0 Å². The first kappa shape index (κ1) is 64.0. The number of phenols is 2. The second-order valence-electron chi connectivity index (χ2n) is 22.4. The number of thiol groups is 1. The van der Waals surface area contributed by atoms with Gasteiger partial charge in [-0.15, -0.1) is 0 Å². The van der Waals surface area contributed by atoms with E-state index in [1.807, 2.05) is 6.92 Å². The van der Waals surface area contributed by atoms with Crippen LogP contribution in [0.4, 0.5) is 15.3 Å². The third-order valence-electron chi connectivity index (χ3n) is 16.0. The molecule has 3 aromatic carbocycles. The molecule has 9 amide bonds. The topological polar surface area (TPSA) is 332 Å². The highest BCUT2D eigenvalue weighted by Gasteiger charge is 2.51. The van der Waals surface area contributed by atoms with Crippen LogP contribution in [0, 0.1) is 5.92 Å². The number of nitrogens with one attached hydrogen (secondary N) is 4. The lowest BCUT2D eigenvalue weighted by atomic mass is 9.74. The Kier molecular flexibility index (Phi) is 21.1. The van der Waals surface area contributed by atoms with Gasteiger partial charge in [-0.25, -0.2) is 9.59 Å². The Labute approximate surface area is 510 Å². The number of piperazine rings is 1. The van der Waals surface area contributed by atoms with E-state index in [1.165, 1.54) is 29.0 Å². The number of ether oxygens (including phenoxy) is 4. The van der Waals surface area contributed by atoms with Crippen LogP contribution >= 0.6 is 35.2 Å². The molecule has 0 radical (unpaired) electrons. The monoisotopic (exact) mass is 1310 g/mol. The second kappa shape index (κ2) is 28.0. The molecule has 0 spiro atoms. The molecule has 8 rings (SSSR count). The fourth-order valence-electron chi connectivity index (χ4n) is 11.4. The van der Waals surface area contributed by atoms with Gasteiger partial charge in [0.05, 0.1) is 41.3 Å². The number of nitrogens with zero attached hydrogens (tertiary/aromatic N) is 3. The average Bonchev–Trinajstić information content (AvgIpc) is 1.40. The molecule has 3 aromatic rings. The summed E-state index contributed by atoms with van der Waals surface area (Å²) in [5, 5.41) is 34.3. The fourth-order valence-corrected chi connectivity index (χ4v) is 12.8. The summed E-state index contributed by atoms with van der Waals surface area (Å²) in [5.74, 6) is -5.14. The number of hydrogen-bond acceptors (Lipinski definition) is 17. The van der Waals surface area contributed by atoms with Crippen LogP contribution in [-0.2, 0) is 56.0 Å². The van der Waals surface area contributed by atoms with Crippen molar-refractivity contribution in [2.24, 2.45) is 11.7 Å². The van der Waals surface area contributed by atoms with Crippen molar-refractivity contribution in [2.45, 2.75) is 144 Å². The number of fused-ring (bicyclic) bond motifs is 3. The van der Waals surface area contributed by atoms with Gasteiger partial charge < -0.3 is 66.0 Å². The van der Waals surface area contributed by atoms with E-state index >= 15 is 0 Å². The van der Waals surface area contributed by atoms with E-state index in [2.05, 4.69) is 56.5 Å². The number of aromatic hydroxyl groups is 2. The van der Waals surface area contributed by atoms with Crippen molar-refractivity contribution in [3.05, 3.63) is 81.4 Å². The highest BCUT2D eigenvalue weighted by atomic mass is 127. The number of urea groups is 1. The number of rotatable bonds is 22. The van der Waals surface area contributed by atoms with E-state index in [1.54, 1.807) is 49.1 Å². The van der Waals surface area contributed by atoms with Gasteiger partial charge in [-0.05, 0) is 81.5 Å². The number of carbonyl (C=O) groups excluding carboxylic acids is 10. The Morgan fingerprint density at radius 3 is 2.24 bits per heavy atom. The number of likely N-dealkylation sites (tertiary alicyclic amines) is 1. The van der Waals surface area contributed by atoms with Crippen LogP contribution < -0.4 is 31.7 Å². The molecular formula is C59H73IN8O16S. The number of phenolic OH excluding ortho intramolecular Hbond substituents is 2. The summed E-state index contributed by atoms with van der Waals surface area (Å²) in [6.45, 7) is 6.16. The van der Waals surface area contributed by atoms with Gasteiger partial charge in [-0.1, -0.05) is 67.1 Å². The quantitative estimate of drug-likeness (QED) is 0.0127. The number of imide groups is 1. The molecule has 7 atom stereocenters. The third kappa shape index (κ3) is 14.8. The van der Waals surface area contributed by atoms with Crippen LogP contribution in [0.15, 0.2) is 42.5 Å². The van der Waals surface area contributed by atoms with E-state index in [0.29, 0.717) is 36.9 Å². The predicted molar refractivity (Wildman–Crippen MR) is 318 cm³/mol. The molecule has 3 heterocycles. The van der Waals surface area contributed by atoms with Crippen molar-refractivity contribution in [1.29, 1.82) is 0 Å². The summed E-state index contributed by atoms with van der Waals surface area (Å²) in [4.78, 5) is 137. The van der Waals surface area contributed by atoms with Crippen molar-refractivity contribution in [3.8, 4) is 17.2 Å². The van der Waals surface area contributed by atoms with Crippen LogP contribution in [-0.4, -0.2) is 164 Å². The number of halogens is 1. The summed E-state index contributed by atoms with van der Waals surface area (Å²) in [6.07, 6.45) is 1.51. The molecule has 3 saturated heterocycles. The molecular weight excluding hydrogens is 1240 g/mol. The van der Waals surface area contributed by atoms with Crippen molar-refractivity contribution < 1.29 is 77.1 Å². The molecule has 458 valence electrons. The van der Waals surface area contributed by atoms with Crippen molar-refractivity contribution >= 4 is 100 Å². The SMILES string of the molecule is COc1cccc2c1C(=O)c1c(O)c3c(c(O)c1C2=O)C[C@@](I)(C(=O)N1CCN(C(=O)OCc2ccc(NC(=O)[C@H](CCCNC(N)=O)NC(=O)[C@@H](NC(=O)CCCCCN4C(=O)CC(S)C4=O)C(C)C)cc2)CC1)C[C@@H]3O[C@H]1CCC[C@H](C)O1. The Morgan fingerprint density at radius 2 is 1.58 bits per heavy atom. The van der Waals surface area contributed by atoms with Crippen molar-refractivity contribution in [2.75, 3.05) is 51.7 Å². The number of ketones is 2. The second-order valence-corrected chi connectivity index (χ2v) is 25.1. The number of benzene rings is 3. The van der Waals surface area contributed by atoms with Crippen molar-refractivity contribution in [1.82, 2.24) is 30.7 Å².